The highest BCUT2D eigenvalue weighted by atomic mass is 16.5. The van der Waals surface area contributed by atoms with E-state index in [2.05, 4.69) is 16.3 Å². The second-order valence-electron chi connectivity index (χ2n) is 6.14. The second-order valence-corrected chi connectivity index (χ2v) is 6.14. The lowest BCUT2D eigenvalue weighted by Crippen LogP contribution is -2.05. The first-order valence-corrected chi connectivity index (χ1v) is 8.94. The summed E-state index contributed by atoms with van der Waals surface area (Å²) in [5, 5.41) is 16.8. The predicted molar refractivity (Wildman–Crippen MR) is 108 cm³/mol. The van der Waals surface area contributed by atoms with E-state index in [4.69, 9.17) is 14.9 Å². The Balaban J connectivity index is 1.80. The van der Waals surface area contributed by atoms with Gasteiger partial charge in [-0.05, 0) is 60.5 Å². The van der Waals surface area contributed by atoms with Crippen molar-refractivity contribution in [3.63, 3.8) is 0 Å². The number of benzene rings is 2. The van der Waals surface area contributed by atoms with E-state index in [1.165, 1.54) is 0 Å². The van der Waals surface area contributed by atoms with Gasteiger partial charge in [-0.1, -0.05) is 18.2 Å². The van der Waals surface area contributed by atoms with Crippen molar-refractivity contribution in [3.8, 4) is 11.5 Å². The Hall–Kier alpha value is -3.21. The summed E-state index contributed by atoms with van der Waals surface area (Å²) in [4.78, 5) is 0. The van der Waals surface area contributed by atoms with E-state index < -0.39 is 0 Å². The van der Waals surface area contributed by atoms with Crippen molar-refractivity contribution in [2.75, 3.05) is 13.7 Å². The Labute approximate surface area is 159 Å². The third kappa shape index (κ3) is 5.14. The number of allylic oxidation sites excluding steroid dienone is 2. The van der Waals surface area contributed by atoms with Gasteiger partial charge in [0.1, 0.15) is 11.5 Å². The largest absolute Gasteiger partial charge is 0.497 e. The summed E-state index contributed by atoms with van der Waals surface area (Å²) in [6.07, 6.45) is 5.20. The minimum Gasteiger partial charge on any atom is -0.497 e. The maximum Gasteiger partial charge on any atom is 0.119 e. The van der Waals surface area contributed by atoms with Gasteiger partial charge < -0.3 is 14.9 Å². The number of hydrogen-bond donors (Lipinski definition) is 1. The molecule has 5 nitrogen and oxygen atoms in total. The van der Waals surface area contributed by atoms with Gasteiger partial charge in [-0.15, -0.1) is 0 Å². The molecule has 0 saturated heterocycles. The molecule has 0 aliphatic heterocycles. The molecule has 5 heteroatoms. The molecule has 0 spiro atoms. The first-order chi connectivity index (χ1) is 13.2. The van der Waals surface area contributed by atoms with Crippen molar-refractivity contribution in [2.45, 2.75) is 19.8 Å². The van der Waals surface area contributed by atoms with E-state index in [-0.39, 0.29) is 0 Å². The summed E-state index contributed by atoms with van der Waals surface area (Å²) < 4.78 is 10.6. The molecule has 1 aliphatic rings. The van der Waals surface area contributed by atoms with E-state index in [0.717, 1.165) is 34.0 Å². The first kappa shape index (κ1) is 18.6. The third-order valence-electron chi connectivity index (χ3n) is 4.15. The van der Waals surface area contributed by atoms with Crippen molar-refractivity contribution in [1.82, 2.24) is 0 Å². The topological polar surface area (TPSA) is 67.0 Å². The normalized spacial score (nSPS) is 15.9. The number of methoxy groups -OCH3 is 1. The minimum absolute atomic E-state index is 0.583. The molecule has 0 bridgehead atoms. The van der Waals surface area contributed by atoms with Crippen LogP contribution in [-0.2, 0) is 0 Å². The average Bonchev–Trinajstić information content (AvgIpc) is 2.69. The highest BCUT2D eigenvalue weighted by molar-refractivity contribution is 5.89. The van der Waals surface area contributed by atoms with Crippen LogP contribution in [0.15, 0.2) is 76.1 Å². The van der Waals surface area contributed by atoms with Crippen LogP contribution in [0, 0.1) is 5.41 Å². The molecule has 0 aromatic heterocycles. The first-order valence-electron chi connectivity index (χ1n) is 8.94. The molecular weight excluding hydrogens is 338 g/mol. The number of rotatable bonds is 6. The molecule has 0 saturated carbocycles. The van der Waals surface area contributed by atoms with Crippen LogP contribution < -0.4 is 9.47 Å². The lowest BCUT2D eigenvalue weighted by atomic mass is 9.95. The minimum atomic E-state index is 0.583. The smallest absolute Gasteiger partial charge is 0.119 e. The molecule has 0 atom stereocenters. The summed E-state index contributed by atoms with van der Waals surface area (Å²) in [5.41, 5.74) is 4.29. The summed E-state index contributed by atoms with van der Waals surface area (Å²) in [6.45, 7) is 2.59. The van der Waals surface area contributed by atoms with Crippen molar-refractivity contribution < 1.29 is 9.47 Å². The number of nitrogens with zero attached hydrogens (tertiary/aromatic N) is 2. The van der Waals surface area contributed by atoms with Crippen molar-refractivity contribution in [1.29, 1.82) is 5.41 Å². The van der Waals surface area contributed by atoms with Gasteiger partial charge >= 0.3 is 0 Å². The lowest BCUT2D eigenvalue weighted by Gasteiger charge is -2.14. The zero-order valence-electron chi connectivity index (χ0n) is 15.6. The quantitative estimate of drug-likeness (QED) is 0.645. The molecular formula is C22H23N3O2. The van der Waals surface area contributed by atoms with Gasteiger partial charge in [0.05, 0.1) is 25.1 Å². The highest BCUT2D eigenvalue weighted by Crippen LogP contribution is 2.28. The van der Waals surface area contributed by atoms with Gasteiger partial charge in [0.15, 0.2) is 0 Å². The Kier molecular flexibility index (Phi) is 6.15. The number of ether oxygens (including phenoxy) is 2. The molecule has 27 heavy (non-hydrogen) atoms. The summed E-state index contributed by atoms with van der Waals surface area (Å²) in [5.74, 6) is 1.64. The predicted octanol–water partition coefficient (Wildman–Crippen LogP) is 5.96. The second kappa shape index (κ2) is 8.94. The van der Waals surface area contributed by atoms with Gasteiger partial charge in [-0.3, -0.25) is 0 Å². The SMILES string of the molecule is CCOc1ccc(N=NC2=CCC(=N)CC2=Cc2ccc(OC)cc2)cc1. The Morgan fingerprint density at radius 1 is 1.00 bits per heavy atom. The number of azo groups is 1. The van der Waals surface area contributed by atoms with Gasteiger partial charge in [-0.2, -0.15) is 10.2 Å². The molecule has 0 radical (unpaired) electrons. The Morgan fingerprint density at radius 2 is 1.70 bits per heavy atom. The van der Waals surface area contributed by atoms with Crippen LogP contribution in [0.25, 0.3) is 6.08 Å². The molecule has 1 N–H and O–H groups in total. The van der Waals surface area contributed by atoms with Crippen LogP contribution in [0.2, 0.25) is 0 Å². The monoisotopic (exact) mass is 361 g/mol. The molecule has 1 aliphatic carbocycles. The number of nitrogens with one attached hydrogen (secondary N) is 1. The van der Waals surface area contributed by atoms with Gasteiger partial charge in [-0.25, -0.2) is 0 Å². The van der Waals surface area contributed by atoms with Crippen molar-refractivity contribution in [2.24, 2.45) is 10.2 Å². The standard InChI is InChI=1S/C22H23N3O2/c1-3-27-21-11-7-19(8-12-21)24-25-22-13-6-18(23)15-17(22)14-16-4-9-20(26-2)10-5-16/h4-5,7-14,23H,3,6,15H2,1-2H3. The van der Waals surface area contributed by atoms with Gasteiger partial charge in [0, 0.05) is 18.6 Å². The summed E-state index contributed by atoms with van der Waals surface area (Å²) in [6, 6.07) is 15.4. The van der Waals surface area contributed by atoms with Crippen LogP contribution in [0.3, 0.4) is 0 Å². The van der Waals surface area contributed by atoms with E-state index in [0.29, 0.717) is 25.2 Å². The lowest BCUT2D eigenvalue weighted by molar-refractivity contribution is 0.340. The summed E-state index contributed by atoms with van der Waals surface area (Å²) >= 11 is 0. The van der Waals surface area contributed by atoms with Crippen LogP contribution >= 0.6 is 0 Å². The highest BCUT2D eigenvalue weighted by Gasteiger charge is 2.14. The zero-order valence-corrected chi connectivity index (χ0v) is 15.6. The molecule has 0 unspecified atom stereocenters. The fraction of sp³-hybridized carbons (Fsp3) is 0.227. The molecule has 0 heterocycles. The summed E-state index contributed by atoms with van der Waals surface area (Å²) in [7, 11) is 1.65. The molecule has 3 rings (SSSR count). The van der Waals surface area contributed by atoms with Crippen molar-refractivity contribution >= 4 is 17.5 Å². The Morgan fingerprint density at radius 3 is 2.37 bits per heavy atom. The van der Waals surface area contributed by atoms with Crippen LogP contribution in [0.1, 0.15) is 25.3 Å². The molecule has 2 aromatic rings. The molecule has 138 valence electrons. The zero-order chi connectivity index (χ0) is 19.1. The maximum absolute atomic E-state index is 8.01. The fourth-order valence-electron chi connectivity index (χ4n) is 2.76. The average molecular weight is 361 g/mol. The van der Waals surface area contributed by atoms with Crippen molar-refractivity contribution in [3.05, 3.63) is 71.4 Å². The van der Waals surface area contributed by atoms with Crippen LogP contribution in [-0.4, -0.2) is 19.4 Å². The number of hydrogen-bond acceptors (Lipinski definition) is 5. The Bertz CT molecular complexity index is 879. The maximum atomic E-state index is 8.01. The molecule has 2 aromatic carbocycles. The fourth-order valence-corrected chi connectivity index (χ4v) is 2.76. The molecule has 0 amide bonds. The van der Waals surface area contributed by atoms with Crippen LogP contribution in [0.4, 0.5) is 5.69 Å². The third-order valence-corrected chi connectivity index (χ3v) is 4.15. The van der Waals surface area contributed by atoms with E-state index >= 15 is 0 Å². The van der Waals surface area contributed by atoms with Gasteiger partial charge in [0.25, 0.3) is 0 Å². The van der Waals surface area contributed by atoms with Gasteiger partial charge in [0.2, 0.25) is 0 Å². The molecule has 0 fully saturated rings. The van der Waals surface area contributed by atoms with E-state index in [9.17, 15) is 0 Å². The van der Waals surface area contributed by atoms with Crippen LogP contribution in [0.5, 0.6) is 11.5 Å². The van der Waals surface area contributed by atoms with E-state index in [1.54, 1.807) is 7.11 Å². The van der Waals surface area contributed by atoms with E-state index in [1.807, 2.05) is 61.5 Å².